The summed E-state index contributed by atoms with van der Waals surface area (Å²) in [5, 5.41) is 0. The predicted molar refractivity (Wildman–Crippen MR) is 84.8 cm³/mol. The van der Waals surface area contributed by atoms with Crippen molar-refractivity contribution in [2.45, 2.75) is 37.1 Å². The van der Waals surface area contributed by atoms with Crippen LogP contribution in [0.1, 0.15) is 24.8 Å². The van der Waals surface area contributed by atoms with Gasteiger partial charge in [0, 0.05) is 24.6 Å². The lowest BCUT2D eigenvalue weighted by Gasteiger charge is -2.33. The molecule has 25 heavy (non-hydrogen) atoms. The molecular formula is C18H22F3NO3. The number of hydrogen-bond acceptors (Lipinski definition) is 4. The van der Waals surface area contributed by atoms with Crippen molar-refractivity contribution < 1.29 is 27.4 Å². The maximum absolute atomic E-state index is 13.8. The van der Waals surface area contributed by atoms with Gasteiger partial charge in [0.15, 0.2) is 0 Å². The van der Waals surface area contributed by atoms with Crippen molar-refractivity contribution in [1.29, 1.82) is 0 Å². The minimum Gasteiger partial charge on any atom is -0.463 e. The zero-order valence-corrected chi connectivity index (χ0v) is 14.1. The van der Waals surface area contributed by atoms with Gasteiger partial charge in [-0.05, 0) is 32.4 Å². The first-order chi connectivity index (χ1) is 11.9. The van der Waals surface area contributed by atoms with Gasteiger partial charge >= 0.3 is 12.1 Å². The summed E-state index contributed by atoms with van der Waals surface area (Å²) >= 11 is 0. The normalized spacial score (nSPS) is 26.2. The zero-order chi connectivity index (χ0) is 18.1. The standard InChI is InChI=1S/C18H22F3NO3/c1-24-17(18(19,20)21,14-6-3-2-4-7-14)16(23)25-12-13-9-11-22-10-5-8-15(13)22/h2-4,6-7,13,15H,5,8-12H2,1H3/t13-,15-,17-/m0/s1. The molecule has 3 atom stereocenters. The summed E-state index contributed by atoms with van der Waals surface area (Å²) < 4.78 is 51.3. The van der Waals surface area contributed by atoms with Gasteiger partial charge in [0.1, 0.15) is 0 Å². The summed E-state index contributed by atoms with van der Waals surface area (Å²) in [4.78, 5) is 14.8. The number of rotatable bonds is 5. The minimum absolute atomic E-state index is 0.00593. The van der Waals surface area contributed by atoms with Crippen LogP contribution in [0, 0.1) is 5.92 Å². The van der Waals surface area contributed by atoms with Crippen LogP contribution in [0.2, 0.25) is 0 Å². The van der Waals surface area contributed by atoms with Crippen molar-refractivity contribution in [3.63, 3.8) is 0 Å². The summed E-state index contributed by atoms with van der Waals surface area (Å²) in [6.07, 6.45) is -1.98. The average Bonchev–Trinajstić information content (AvgIpc) is 3.17. The first kappa shape index (κ1) is 18.2. The van der Waals surface area contributed by atoms with Crippen LogP contribution in [0.25, 0.3) is 0 Å². The van der Waals surface area contributed by atoms with Crippen molar-refractivity contribution in [3.8, 4) is 0 Å². The quantitative estimate of drug-likeness (QED) is 0.759. The van der Waals surface area contributed by atoms with Crippen LogP contribution < -0.4 is 0 Å². The maximum Gasteiger partial charge on any atom is 0.432 e. The van der Waals surface area contributed by atoms with Gasteiger partial charge in [0.2, 0.25) is 0 Å². The van der Waals surface area contributed by atoms with Gasteiger partial charge in [-0.3, -0.25) is 4.90 Å². The molecule has 2 heterocycles. The van der Waals surface area contributed by atoms with Crippen LogP contribution in [0.3, 0.4) is 0 Å². The topological polar surface area (TPSA) is 38.8 Å². The van der Waals surface area contributed by atoms with Crippen molar-refractivity contribution in [2.75, 3.05) is 26.8 Å². The van der Waals surface area contributed by atoms with E-state index in [9.17, 15) is 18.0 Å². The molecule has 2 aliphatic heterocycles. The third-order valence-electron chi connectivity index (χ3n) is 5.35. The van der Waals surface area contributed by atoms with Crippen molar-refractivity contribution in [2.24, 2.45) is 5.92 Å². The lowest BCUT2D eigenvalue weighted by Crippen LogP contribution is -2.52. The molecule has 138 valence electrons. The Hall–Kier alpha value is -1.60. The SMILES string of the molecule is CO[C@](C(=O)OC[C@@H]1CCN2CCC[C@@H]12)(c1ccccc1)C(F)(F)F. The van der Waals surface area contributed by atoms with Gasteiger partial charge in [-0.25, -0.2) is 4.79 Å². The van der Waals surface area contributed by atoms with Crippen LogP contribution in [-0.2, 0) is 19.9 Å². The number of carbonyl (C=O) groups excluding carboxylic acids is 1. The number of methoxy groups -OCH3 is 1. The van der Waals surface area contributed by atoms with E-state index in [1.807, 2.05) is 0 Å². The smallest absolute Gasteiger partial charge is 0.432 e. The Balaban J connectivity index is 1.78. The number of carbonyl (C=O) groups is 1. The predicted octanol–water partition coefficient (Wildman–Crippen LogP) is 3.12. The van der Waals surface area contributed by atoms with Crippen LogP contribution in [-0.4, -0.2) is 49.9 Å². The Morgan fingerprint density at radius 3 is 2.56 bits per heavy atom. The Morgan fingerprint density at radius 2 is 1.92 bits per heavy atom. The van der Waals surface area contributed by atoms with Crippen LogP contribution in [0.15, 0.2) is 30.3 Å². The molecule has 0 N–H and O–H groups in total. The van der Waals surface area contributed by atoms with Crippen LogP contribution in [0.4, 0.5) is 13.2 Å². The molecule has 1 aromatic carbocycles. The molecule has 0 spiro atoms. The van der Waals surface area contributed by atoms with E-state index in [4.69, 9.17) is 9.47 Å². The van der Waals surface area contributed by atoms with E-state index in [0.29, 0.717) is 6.04 Å². The number of esters is 1. The van der Waals surface area contributed by atoms with E-state index >= 15 is 0 Å². The first-order valence-electron chi connectivity index (χ1n) is 8.49. The highest BCUT2D eigenvalue weighted by Gasteiger charge is 2.64. The third-order valence-corrected chi connectivity index (χ3v) is 5.35. The van der Waals surface area contributed by atoms with Gasteiger partial charge < -0.3 is 9.47 Å². The number of ether oxygens (including phenoxy) is 2. The molecule has 2 aliphatic rings. The molecule has 1 aromatic rings. The first-order valence-corrected chi connectivity index (χ1v) is 8.49. The summed E-state index contributed by atoms with van der Waals surface area (Å²) in [5.41, 5.74) is -3.37. The zero-order valence-electron chi connectivity index (χ0n) is 14.1. The maximum atomic E-state index is 13.8. The van der Waals surface area contributed by atoms with Gasteiger partial charge in [-0.15, -0.1) is 0 Å². The Kier molecular flexibility index (Phi) is 5.06. The Labute approximate surface area is 144 Å². The van der Waals surface area contributed by atoms with Crippen molar-refractivity contribution in [1.82, 2.24) is 4.90 Å². The Bertz CT molecular complexity index is 607. The number of hydrogen-bond donors (Lipinski definition) is 0. The second-order valence-corrected chi connectivity index (χ2v) is 6.64. The summed E-state index contributed by atoms with van der Waals surface area (Å²) in [5.74, 6) is -1.31. The third kappa shape index (κ3) is 3.15. The van der Waals surface area contributed by atoms with Crippen molar-refractivity contribution >= 4 is 5.97 Å². The second-order valence-electron chi connectivity index (χ2n) is 6.64. The minimum atomic E-state index is -4.92. The number of fused-ring (bicyclic) bond motifs is 1. The van der Waals surface area contributed by atoms with E-state index in [-0.39, 0.29) is 18.1 Å². The van der Waals surface area contributed by atoms with E-state index in [0.717, 1.165) is 39.5 Å². The van der Waals surface area contributed by atoms with Gasteiger partial charge in [-0.2, -0.15) is 13.2 Å². The molecule has 0 radical (unpaired) electrons. The average molecular weight is 357 g/mol. The van der Waals surface area contributed by atoms with Gasteiger partial charge in [-0.1, -0.05) is 30.3 Å². The summed E-state index contributed by atoms with van der Waals surface area (Å²) in [7, 11) is 0.885. The molecule has 7 heteroatoms. The highest BCUT2D eigenvalue weighted by Crippen LogP contribution is 2.43. The molecule has 4 nitrogen and oxygen atoms in total. The Morgan fingerprint density at radius 1 is 1.20 bits per heavy atom. The molecular weight excluding hydrogens is 335 g/mol. The monoisotopic (exact) mass is 357 g/mol. The highest BCUT2D eigenvalue weighted by atomic mass is 19.4. The van der Waals surface area contributed by atoms with E-state index in [1.54, 1.807) is 6.07 Å². The molecule has 0 bridgehead atoms. The lowest BCUT2D eigenvalue weighted by molar-refractivity contribution is -0.276. The molecule has 0 saturated carbocycles. The van der Waals surface area contributed by atoms with Gasteiger partial charge in [0.25, 0.3) is 5.60 Å². The number of halogens is 3. The number of alkyl halides is 3. The fourth-order valence-electron chi connectivity index (χ4n) is 4.05. The lowest BCUT2D eigenvalue weighted by atomic mass is 9.92. The molecule has 0 aromatic heterocycles. The molecule has 2 saturated heterocycles. The highest BCUT2D eigenvalue weighted by molar-refractivity contribution is 5.82. The largest absolute Gasteiger partial charge is 0.463 e. The number of benzene rings is 1. The molecule has 0 aliphatic carbocycles. The van der Waals surface area contributed by atoms with Gasteiger partial charge in [0.05, 0.1) is 6.61 Å². The number of nitrogens with zero attached hydrogens (tertiary/aromatic N) is 1. The van der Waals surface area contributed by atoms with Crippen LogP contribution in [0.5, 0.6) is 0 Å². The van der Waals surface area contributed by atoms with Crippen molar-refractivity contribution in [3.05, 3.63) is 35.9 Å². The molecule has 0 amide bonds. The van der Waals surface area contributed by atoms with E-state index in [1.165, 1.54) is 24.3 Å². The molecule has 3 rings (SSSR count). The fourth-order valence-corrected chi connectivity index (χ4v) is 4.05. The van der Waals surface area contributed by atoms with Crippen LogP contribution >= 0.6 is 0 Å². The summed E-state index contributed by atoms with van der Waals surface area (Å²) in [6.45, 7) is 1.93. The van der Waals surface area contributed by atoms with E-state index < -0.39 is 17.7 Å². The summed E-state index contributed by atoms with van der Waals surface area (Å²) in [6, 6.07) is 7.23. The fraction of sp³-hybridized carbons (Fsp3) is 0.611. The second kappa shape index (κ2) is 6.96. The molecule has 0 unspecified atom stereocenters. The van der Waals surface area contributed by atoms with E-state index in [2.05, 4.69) is 4.90 Å². The molecule has 2 fully saturated rings.